The van der Waals surface area contributed by atoms with Crippen LogP contribution in [0.4, 0.5) is 5.69 Å². The number of hydrogen-bond donors (Lipinski definition) is 0. The monoisotopic (exact) mass is 441 g/mol. The Morgan fingerprint density at radius 3 is 2.15 bits per heavy atom. The molecule has 166 valence electrons. The minimum atomic E-state index is -0.566. The third-order valence-electron chi connectivity index (χ3n) is 5.27. The van der Waals surface area contributed by atoms with Crippen LogP contribution >= 0.6 is 0 Å². The molecule has 0 radical (unpaired) electrons. The highest BCUT2D eigenvalue weighted by atomic mass is 16.5. The normalized spacial score (nSPS) is 10.7. The van der Waals surface area contributed by atoms with Gasteiger partial charge in [-0.15, -0.1) is 0 Å². The van der Waals surface area contributed by atoms with Crippen LogP contribution in [0, 0.1) is 0 Å². The third kappa shape index (κ3) is 4.55. The van der Waals surface area contributed by atoms with Crippen LogP contribution in [0.15, 0.2) is 83.3 Å². The van der Waals surface area contributed by atoms with E-state index >= 15 is 0 Å². The number of anilines is 1. The molecule has 4 aromatic rings. The molecule has 0 unspecified atom stereocenters. The molecule has 0 bridgehead atoms. The molecule has 0 aliphatic rings. The predicted molar refractivity (Wildman–Crippen MR) is 126 cm³/mol. The lowest BCUT2D eigenvalue weighted by atomic mass is 10.0. The molecule has 1 aromatic heterocycles. The lowest BCUT2D eigenvalue weighted by molar-refractivity contribution is -0.142. The van der Waals surface area contributed by atoms with Gasteiger partial charge in [0.2, 0.25) is 11.7 Å². The van der Waals surface area contributed by atoms with E-state index in [0.717, 1.165) is 11.1 Å². The van der Waals surface area contributed by atoms with Gasteiger partial charge in [0.1, 0.15) is 17.8 Å². The maximum atomic E-state index is 13.5. The van der Waals surface area contributed by atoms with E-state index < -0.39 is 11.9 Å². The molecule has 0 fully saturated rings. The largest absolute Gasteiger partial charge is 0.465 e. The molecule has 0 aliphatic carbocycles. The average Bonchev–Trinajstić information content (AvgIpc) is 3.22. The molecule has 3 aromatic carbocycles. The van der Waals surface area contributed by atoms with Crippen molar-refractivity contribution in [3.8, 4) is 11.1 Å². The van der Waals surface area contributed by atoms with Gasteiger partial charge in [0, 0.05) is 17.9 Å². The minimum Gasteiger partial charge on any atom is -0.465 e. The smallest absolute Gasteiger partial charge is 0.326 e. The van der Waals surface area contributed by atoms with Gasteiger partial charge in [-0.1, -0.05) is 66.7 Å². The zero-order valence-electron chi connectivity index (χ0n) is 18.4. The molecule has 0 saturated carbocycles. The van der Waals surface area contributed by atoms with E-state index in [2.05, 4.69) is 0 Å². The Balaban J connectivity index is 1.76. The number of amides is 1. The Kier molecular flexibility index (Phi) is 6.36. The Morgan fingerprint density at radius 2 is 1.48 bits per heavy atom. The summed E-state index contributed by atoms with van der Waals surface area (Å²) < 4.78 is 10.9. The summed E-state index contributed by atoms with van der Waals surface area (Å²) in [5, 5.41) is 0.571. The SMILES string of the molecule is CCOC(=O)CN(C(C)=O)c1c(C(=O)c2ccc(-c3ccccc3)cc2)oc2ccccc12. The van der Waals surface area contributed by atoms with E-state index in [1.165, 1.54) is 11.8 Å². The summed E-state index contributed by atoms with van der Waals surface area (Å²) in [6.07, 6.45) is 0. The first kappa shape index (κ1) is 22.0. The number of esters is 1. The molecular weight excluding hydrogens is 418 g/mol. The number of hydrogen-bond acceptors (Lipinski definition) is 5. The second-order valence-corrected chi connectivity index (χ2v) is 7.46. The first-order valence-corrected chi connectivity index (χ1v) is 10.6. The zero-order chi connectivity index (χ0) is 23.4. The van der Waals surface area contributed by atoms with Crippen molar-refractivity contribution in [2.24, 2.45) is 0 Å². The van der Waals surface area contributed by atoms with Crippen molar-refractivity contribution in [1.82, 2.24) is 0 Å². The van der Waals surface area contributed by atoms with Gasteiger partial charge in [-0.05, 0) is 30.2 Å². The van der Waals surface area contributed by atoms with Crippen molar-refractivity contribution < 1.29 is 23.5 Å². The maximum Gasteiger partial charge on any atom is 0.326 e. The first-order chi connectivity index (χ1) is 16.0. The van der Waals surface area contributed by atoms with Gasteiger partial charge in [-0.2, -0.15) is 0 Å². The topological polar surface area (TPSA) is 76.8 Å². The van der Waals surface area contributed by atoms with Gasteiger partial charge in [-0.3, -0.25) is 19.3 Å². The summed E-state index contributed by atoms with van der Waals surface area (Å²) in [4.78, 5) is 39.4. The summed E-state index contributed by atoms with van der Waals surface area (Å²) >= 11 is 0. The van der Waals surface area contributed by atoms with Crippen molar-refractivity contribution in [2.45, 2.75) is 13.8 Å². The van der Waals surface area contributed by atoms with Crippen molar-refractivity contribution in [2.75, 3.05) is 18.1 Å². The van der Waals surface area contributed by atoms with Crippen LogP contribution in [0.5, 0.6) is 0 Å². The van der Waals surface area contributed by atoms with E-state index in [1.807, 2.05) is 42.5 Å². The molecule has 4 rings (SSSR count). The van der Waals surface area contributed by atoms with Crippen LogP contribution in [0.3, 0.4) is 0 Å². The molecule has 33 heavy (non-hydrogen) atoms. The van der Waals surface area contributed by atoms with Gasteiger partial charge in [-0.25, -0.2) is 0 Å². The van der Waals surface area contributed by atoms with Gasteiger partial charge >= 0.3 is 5.97 Å². The highest BCUT2D eigenvalue weighted by Crippen LogP contribution is 2.36. The van der Waals surface area contributed by atoms with E-state index in [1.54, 1.807) is 43.3 Å². The number of ketones is 1. The standard InChI is InChI=1S/C27H23NO5/c1-3-32-24(30)17-28(18(2)29)25-22-11-7-8-12-23(22)33-27(25)26(31)21-15-13-20(14-16-21)19-9-5-4-6-10-19/h4-16H,3,17H2,1-2H3. The summed E-state index contributed by atoms with van der Waals surface area (Å²) in [6.45, 7) is 2.90. The number of rotatable bonds is 7. The summed E-state index contributed by atoms with van der Waals surface area (Å²) in [5.41, 5.74) is 3.15. The van der Waals surface area contributed by atoms with Crippen LogP contribution in [0.2, 0.25) is 0 Å². The van der Waals surface area contributed by atoms with Crippen LogP contribution < -0.4 is 4.90 Å². The Hall–Kier alpha value is -4.19. The number of benzene rings is 3. The molecule has 0 saturated heterocycles. The van der Waals surface area contributed by atoms with Crippen LogP contribution in [0.1, 0.15) is 30.0 Å². The number of carbonyl (C=O) groups is 3. The number of para-hydroxylation sites is 1. The summed E-state index contributed by atoms with van der Waals surface area (Å²) in [5.74, 6) is -1.34. The quantitative estimate of drug-likeness (QED) is 0.289. The van der Waals surface area contributed by atoms with Crippen LogP contribution in [-0.4, -0.2) is 30.8 Å². The zero-order valence-corrected chi connectivity index (χ0v) is 18.4. The van der Waals surface area contributed by atoms with E-state index in [-0.39, 0.29) is 30.4 Å². The van der Waals surface area contributed by atoms with Gasteiger partial charge in [0.05, 0.1) is 6.61 Å². The van der Waals surface area contributed by atoms with E-state index in [9.17, 15) is 14.4 Å². The van der Waals surface area contributed by atoms with E-state index in [4.69, 9.17) is 9.15 Å². The first-order valence-electron chi connectivity index (χ1n) is 10.6. The molecule has 0 spiro atoms. The summed E-state index contributed by atoms with van der Waals surface area (Å²) in [6, 6.07) is 24.1. The third-order valence-corrected chi connectivity index (χ3v) is 5.27. The van der Waals surface area contributed by atoms with Crippen molar-refractivity contribution in [1.29, 1.82) is 0 Å². The molecule has 1 heterocycles. The molecule has 0 aliphatic heterocycles. The van der Waals surface area contributed by atoms with E-state index in [0.29, 0.717) is 16.5 Å². The number of furan rings is 1. The van der Waals surface area contributed by atoms with Crippen molar-refractivity contribution in [3.05, 3.63) is 90.2 Å². The average molecular weight is 441 g/mol. The highest BCUT2D eigenvalue weighted by molar-refractivity contribution is 6.18. The molecule has 0 atom stereocenters. The molecular formula is C27H23NO5. The Morgan fingerprint density at radius 1 is 0.848 bits per heavy atom. The number of nitrogens with zero attached hydrogens (tertiary/aromatic N) is 1. The fourth-order valence-corrected chi connectivity index (χ4v) is 3.71. The minimum absolute atomic E-state index is 0.00293. The fourth-order valence-electron chi connectivity index (χ4n) is 3.71. The molecule has 6 heteroatoms. The number of fused-ring (bicyclic) bond motifs is 1. The second kappa shape index (κ2) is 9.53. The van der Waals surface area contributed by atoms with Crippen LogP contribution in [-0.2, 0) is 14.3 Å². The molecule has 6 nitrogen and oxygen atoms in total. The Bertz CT molecular complexity index is 1310. The molecule has 1 amide bonds. The van der Waals surface area contributed by atoms with Gasteiger partial charge in [0.25, 0.3) is 0 Å². The lowest BCUT2D eigenvalue weighted by Gasteiger charge is -2.20. The maximum absolute atomic E-state index is 13.5. The number of carbonyl (C=O) groups excluding carboxylic acids is 3. The Labute approximate surface area is 191 Å². The van der Waals surface area contributed by atoms with Crippen molar-refractivity contribution in [3.63, 3.8) is 0 Å². The van der Waals surface area contributed by atoms with Crippen LogP contribution in [0.25, 0.3) is 22.1 Å². The summed E-state index contributed by atoms with van der Waals surface area (Å²) in [7, 11) is 0. The second-order valence-electron chi connectivity index (χ2n) is 7.46. The lowest BCUT2D eigenvalue weighted by Crippen LogP contribution is -2.35. The van der Waals surface area contributed by atoms with Gasteiger partial charge in [0.15, 0.2) is 5.76 Å². The highest BCUT2D eigenvalue weighted by Gasteiger charge is 2.29. The molecule has 0 N–H and O–H groups in total. The predicted octanol–water partition coefficient (Wildman–Crippen LogP) is 5.25. The van der Waals surface area contributed by atoms with Gasteiger partial charge < -0.3 is 9.15 Å². The number of ether oxygens (including phenoxy) is 1. The van der Waals surface area contributed by atoms with Crippen molar-refractivity contribution >= 4 is 34.3 Å². The fraction of sp³-hybridized carbons (Fsp3) is 0.148.